The number of nitrogens with two attached hydrogens (primary N) is 1. The molecule has 9 nitrogen and oxygen atoms in total. The highest BCUT2D eigenvalue weighted by molar-refractivity contribution is 6.18. The first-order chi connectivity index (χ1) is 14.9. The Labute approximate surface area is 184 Å². The fraction of sp³-hybridized carbons (Fsp3) is 0.522. The molecular weight excluding hydrogens is 416 g/mol. The molecule has 6 atom stereocenters. The van der Waals surface area contributed by atoms with Gasteiger partial charge >= 0.3 is 0 Å². The van der Waals surface area contributed by atoms with E-state index >= 15 is 0 Å². The average molecular weight is 442 g/mol. The molecule has 32 heavy (non-hydrogen) atoms. The van der Waals surface area contributed by atoms with E-state index in [0.29, 0.717) is 11.1 Å². The quantitative estimate of drug-likeness (QED) is 0.433. The van der Waals surface area contributed by atoms with Crippen molar-refractivity contribution in [3.8, 4) is 5.75 Å². The number of aromatic hydroxyl groups is 1. The first kappa shape index (κ1) is 22.3. The Morgan fingerprint density at radius 2 is 1.84 bits per heavy atom. The van der Waals surface area contributed by atoms with Crippen LogP contribution in [0.2, 0.25) is 0 Å². The van der Waals surface area contributed by atoms with Crippen LogP contribution in [0.15, 0.2) is 12.1 Å². The van der Waals surface area contributed by atoms with Crippen molar-refractivity contribution >= 4 is 29.0 Å². The minimum Gasteiger partial charge on any atom is -0.507 e. The molecule has 3 aliphatic rings. The third kappa shape index (κ3) is 2.95. The number of nitrogens with zero attached hydrogens (tertiary/aromatic N) is 1. The maximum absolute atomic E-state index is 13.6. The summed E-state index contributed by atoms with van der Waals surface area (Å²) in [6.45, 7) is 1.36. The van der Waals surface area contributed by atoms with E-state index in [1.165, 1.54) is 19.1 Å². The highest BCUT2D eigenvalue weighted by Crippen LogP contribution is 2.52. The Balaban J connectivity index is 1.85. The van der Waals surface area contributed by atoms with Gasteiger partial charge in [-0.1, -0.05) is 0 Å². The lowest BCUT2D eigenvalue weighted by Gasteiger charge is -2.53. The van der Waals surface area contributed by atoms with E-state index in [0.717, 1.165) is 0 Å². The number of phenols is 1. The third-order valence-electron chi connectivity index (χ3n) is 7.45. The molecule has 0 saturated heterocycles. The molecule has 2 saturated carbocycles. The van der Waals surface area contributed by atoms with Crippen molar-refractivity contribution in [1.82, 2.24) is 4.90 Å². The van der Waals surface area contributed by atoms with Gasteiger partial charge in [0.1, 0.15) is 17.3 Å². The van der Waals surface area contributed by atoms with Gasteiger partial charge in [-0.15, -0.1) is 0 Å². The van der Waals surface area contributed by atoms with Crippen LogP contribution in [0.1, 0.15) is 46.0 Å². The second-order valence-electron chi connectivity index (χ2n) is 9.45. The van der Waals surface area contributed by atoms with Gasteiger partial charge in [-0.2, -0.15) is 0 Å². The molecule has 0 bridgehead atoms. The molecule has 0 radical (unpaired) electrons. The Hall–Kier alpha value is -2.91. The maximum atomic E-state index is 13.6. The van der Waals surface area contributed by atoms with Crippen molar-refractivity contribution in [2.45, 2.75) is 37.8 Å². The van der Waals surface area contributed by atoms with E-state index in [1.807, 2.05) is 0 Å². The molecule has 9 heteroatoms. The number of aliphatic hydroxyl groups is 1. The number of primary amides is 1. The predicted molar refractivity (Wildman–Crippen MR) is 111 cm³/mol. The first-order valence-corrected chi connectivity index (χ1v) is 10.6. The van der Waals surface area contributed by atoms with E-state index in [4.69, 9.17) is 5.73 Å². The molecule has 0 aromatic heterocycles. The summed E-state index contributed by atoms with van der Waals surface area (Å²) in [7, 11) is 3.24. The summed E-state index contributed by atoms with van der Waals surface area (Å²) < 4.78 is 0. The number of phenolic OH excluding ortho intramolecular Hbond substituents is 1. The number of rotatable bonds is 3. The van der Waals surface area contributed by atoms with Crippen molar-refractivity contribution in [3.05, 3.63) is 28.8 Å². The summed E-state index contributed by atoms with van der Waals surface area (Å²) in [6, 6.07) is 1.78. The van der Waals surface area contributed by atoms with Crippen LogP contribution in [0.3, 0.4) is 0 Å². The van der Waals surface area contributed by atoms with Gasteiger partial charge in [-0.3, -0.25) is 28.9 Å². The zero-order chi connectivity index (χ0) is 23.7. The predicted octanol–water partition coefficient (Wildman–Crippen LogP) is -0.109. The Kier molecular flexibility index (Phi) is 5.09. The van der Waals surface area contributed by atoms with Gasteiger partial charge in [-0.25, -0.2) is 0 Å². The highest BCUT2D eigenvalue weighted by atomic mass is 16.3. The standard InChI is InChI=1S/C23H26N2O7/c1-9(26)11-4-5-15(27)17-12(11)6-10-7-14-18(25(2)3)19(28)13(22(24)31)8-23(14,32)21(30)16(10)20(17)29/h4-5,10,13-14,16,18,27,32H,6-8H2,1-3H3,(H2,24,31). The summed E-state index contributed by atoms with van der Waals surface area (Å²) in [5.74, 6) is -7.33. The number of hydrogen-bond acceptors (Lipinski definition) is 8. The zero-order valence-electron chi connectivity index (χ0n) is 18.1. The number of fused-ring (bicyclic) bond motifs is 3. The topological polar surface area (TPSA) is 155 Å². The molecule has 1 aromatic rings. The number of ketones is 4. The van der Waals surface area contributed by atoms with Crippen LogP contribution < -0.4 is 5.73 Å². The summed E-state index contributed by atoms with van der Waals surface area (Å²) in [5, 5.41) is 21.9. The number of carbonyl (C=O) groups is 5. The molecule has 170 valence electrons. The summed E-state index contributed by atoms with van der Waals surface area (Å²) in [5.41, 5.74) is 3.94. The van der Waals surface area contributed by atoms with Gasteiger partial charge < -0.3 is 15.9 Å². The zero-order valence-corrected chi connectivity index (χ0v) is 18.1. The molecule has 2 fully saturated rings. The van der Waals surface area contributed by atoms with Crippen LogP contribution in [-0.2, 0) is 20.8 Å². The van der Waals surface area contributed by atoms with E-state index in [1.54, 1.807) is 19.0 Å². The van der Waals surface area contributed by atoms with Crippen LogP contribution in [0.5, 0.6) is 5.75 Å². The summed E-state index contributed by atoms with van der Waals surface area (Å²) in [6.07, 6.45) is -0.107. The molecule has 4 rings (SSSR count). The summed E-state index contributed by atoms with van der Waals surface area (Å²) in [4.78, 5) is 65.6. The lowest BCUT2D eigenvalue weighted by Crippen LogP contribution is -2.69. The maximum Gasteiger partial charge on any atom is 0.228 e. The molecule has 1 amide bonds. The van der Waals surface area contributed by atoms with E-state index < -0.39 is 65.0 Å². The average Bonchev–Trinajstić information content (AvgIpc) is 2.68. The SMILES string of the molecule is CC(=O)c1ccc(O)c2c1CC1CC3C(N(C)C)C(=O)C(C(N)=O)CC3(O)C(=O)C1C2=O. The monoisotopic (exact) mass is 442 g/mol. The molecule has 6 unspecified atom stereocenters. The minimum atomic E-state index is -2.08. The van der Waals surface area contributed by atoms with Crippen molar-refractivity contribution < 1.29 is 34.2 Å². The number of amides is 1. The molecule has 0 aliphatic heterocycles. The van der Waals surface area contributed by atoms with Crippen LogP contribution in [0.25, 0.3) is 0 Å². The van der Waals surface area contributed by atoms with Gasteiger partial charge in [0.25, 0.3) is 0 Å². The second kappa shape index (κ2) is 7.31. The van der Waals surface area contributed by atoms with Gasteiger partial charge in [0, 0.05) is 17.9 Å². The second-order valence-corrected chi connectivity index (χ2v) is 9.45. The number of likely N-dealkylation sites (N-methyl/N-ethyl adjacent to an activating group) is 1. The number of benzene rings is 1. The third-order valence-corrected chi connectivity index (χ3v) is 7.45. The fourth-order valence-electron chi connectivity index (χ4n) is 6.04. The van der Waals surface area contributed by atoms with Gasteiger partial charge in [0.2, 0.25) is 5.91 Å². The minimum absolute atomic E-state index is 0.0724. The molecule has 3 aliphatic carbocycles. The fourth-order valence-corrected chi connectivity index (χ4v) is 6.04. The van der Waals surface area contributed by atoms with Crippen molar-refractivity contribution in [1.29, 1.82) is 0 Å². The number of carbonyl (C=O) groups excluding carboxylic acids is 5. The van der Waals surface area contributed by atoms with Crippen LogP contribution >= 0.6 is 0 Å². The molecule has 0 spiro atoms. The van der Waals surface area contributed by atoms with Crippen molar-refractivity contribution in [2.24, 2.45) is 29.4 Å². The lowest BCUT2D eigenvalue weighted by atomic mass is 9.52. The molecule has 1 aromatic carbocycles. The van der Waals surface area contributed by atoms with Gasteiger partial charge in [-0.05, 0) is 57.5 Å². The van der Waals surface area contributed by atoms with Crippen LogP contribution in [0, 0.1) is 23.7 Å². The highest BCUT2D eigenvalue weighted by Gasteiger charge is 2.64. The Bertz CT molecular complexity index is 1080. The van der Waals surface area contributed by atoms with E-state index in [-0.39, 0.29) is 29.9 Å². The van der Waals surface area contributed by atoms with E-state index in [2.05, 4.69) is 0 Å². The normalized spacial score (nSPS) is 34.0. The van der Waals surface area contributed by atoms with Gasteiger partial charge in [0.05, 0.1) is 17.5 Å². The number of Topliss-reactive ketones (excluding diaryl/α,β-unsaturated/α-hetero) is 4. The lowest BCUT2D eigenvalue weighted by molar-refractivity contribution is -0.176. The molecular formula is C23H26N2O7. The largest absolute Gasteiger partial charge is 0.507 e. The van der Waals surface area contributed by atoms with Crippen LogP contribution in [-0.4, -0.2) is 69.9 Å². The number of hydrogen-bond donors (Lipinski definition) is 3. The van der Waals surface area contributed by atoms with E-state index in [9.17, 15) is 34.2 Å². The smallest absolute Gasteiger partial charge is 0.228 e. The van der Waals surface area contributed by atoms with Crippen LogP contribution in [0.4, 0.5) is 0 Å². The molecule has 4 N–H and O–H groups in total. The van der Waals surface area contributed by atoms with Crippen molar-refractivity contribution in [2.75, 3.05) is 14.1 Å². The summed E-state index contributed by atoms with van der Waals surface area (Å²) >= 11 is 0. The molecule has 0 heterocycles. The first-order valence-electron chi connectivity index (χ1n) is 10.6. The van der Waals surface area contributed by atoms with Crippen molar-refractivity contribution in [3.63, 3.8) is 0 Å². The van der Waals surface area contributed by atoms with Gasteiger partial charge in [0.15, 0.2) is 23.1 Å². The Morgan fingerprint density at radius 1 is 1.19 bits per heavy atom. The Morgan fingerprint density at radius 3 is 2.41 bits per heavy atom.